The number of benzene rings is 1. The van der Waals surface area contributed by atoms with E-state index in [2.05, 4.69) is 18.2 Å². The van der Waals surface area contributed by atoms with Gasteiger partial charge in [0, 0.05) is 0 Å². The summed E-state index contributed by atoms with van der Waals surface area (Å²) < 4.78 is 11.1. The van der Waals surface area contributed by atoms with Crippen LogP contribution < -0.4 is 4.74 Å². The Morgan fingerprint density at radius 1 is 1.40 bits per heavy atom. The molecule has 1 saturated heterocycles. The number of fused-ring (bicyclic) bond motifs is 1. The lowest BCUT2D eigenvalue weighted by molar-refractivity contribution is 0.288. The summed E-state index contributed by atoms with van der Waals surface area (Å²) in [5, 5.41) is 0. The number of hydrogen-bond acceptors (Lipinski definition) is 2. The Morgan fingerprint density at radius 2 is 2.33 bits per heavy atom. The van der Waals surface area contributed by atoms with Gasteiger partial charge in [-0.25, -0.2) is 0 Å². The average molecular weight is 204 g/mol. The molecule has 0 bridgehead atoms. The van der Waals surface area contributed by atoms with Gasteiger partial charge in [0.15, 0.2) is 0 Å². The van der Waals surface area contributed by atoms with E-state index in [1.54, 1.807) is 7.11 Å². The highest BCUT2D eigenvalue weighted by Crippen LogP contribution is 2.55. The molecule has 2 nitrogen and oxygen atoms in total. The Morgan fingerprint density at radius 3 is 3.13 bits per heavy atom. The molecular weight excluding hydrogens is 188 g/mol. The minimum Gasteiger partial charge on any atom is -0.497 e. The molecule has 0 aromatic heterocycles. The van der Waals surface area contributed by atoms with Crippen molar-refractivity contribution in [3.8, 4) is 5.75 Å². The van der Waals surface area contributed by atoms with E-state index >= 15 is 0 Å². The van der Waals surface area contributed by atoms with E-state index in [9.17, 15) is 0 Å². The molecule has 1 heterocycles. The van der Waals surface area contributed by atoms with E-state index in [0.29, 0.717) is 6.10 Å². The molecule has 80 valence electrons. The quantitative estimate of drug-likeness (QED) is 0.691. The molecule has 1 aromatic carbocycles. The molecule has 2 fully saturated rings. The standard InChI is InChI=1S/C13H16O2/c1-14-11-6-4-5-10(9-11)13-8-3-2-7-12(13)15-13/h4-6,9,12H,2-3,7-8H2,1H3/t12-,13-/m0/s1. The molecule has 2 heteroatoms. The zero-order chi connectivity index (χ0) is 10.3. The number of methoxy groups -OCH3 is 1. The van der Waals surface area contributed by atoms with Crippen molar-refractivity contribution in [2.45, 2.75) is 37.4 Å². The predicted molar refractivity (Wildman–Crippen MR) is 58.0 cm³/mol. The number of hydrogen-bond donors (Lipinski definition) is 0. The zero-order valence-corrected chi connectivity index (χ0v) is 9.03. The van der Waals surface area contributed by atoms with Crippen LogP contribution in [0.1, 0.15) is 31.2 Å². The van der Waals surface area contributed by atoms with Crippen molar-refractivity contribution in [3.63, 3.8) is 0 Å². The molecule has 1 saturated carbocycles. The lowest BCUT2D eigenvalue weighted by Crippen LogP contribution is -2.16. The number of ether oxygens (including phenoxy) is 2. The Labute approximate surface area is 90.2 Å². The fraction of sp³-hybridized carbons (Fsp3) is 0.538. The van der Waals surface area contributed by atoms with Crippen molar-refractivity contribution in [3.05, 3.63) is 29.8 Å². The molecule has 15 heavy (non-hydrogen) atoms. The molecule has 0 N–H and O–H groups in total. The highest BCUT2D eigenvalue weighted by atomic mass is 16.6. The monoisotopic (exact) mass is 204 g/mol. The van der Waals surface area contributed by atoms with Crippen LogP contribution in [0.2, 0.25) is 0 Å². The van der Waals surface area contributed by atoms with Crippen molar-refractivity contribution in [1.82, 2.24) is 0 Å². The minimum atomic E-state index is 0.0484. The maximum atomic E-state index is 5.90. The van der Waals surface area contributed by atoms with Gasteiger partial charge in [-0.2, -0.15) is 0 Å². The number of rotatable bonds is 2. The van der Waals surface area contributed by atoms with Gasteiger partial charge in [-0.15, -0.1) is 0 Å². The molecule has 1 aliphatic heterocycles. The van der Waals surface area contributed by atoms with E-state index in [0.717, 1.165) is 5.75 Å². The molecule has 3 rings (SSSR count). The van der Waals surface area contributed by atoms with Gasteiger partial charge < -0.3 is 9.47 Å². The SMILES string of the molecule is COc1cccc([C@@]23CCCC[C@@H]2O3)c1. The Balaban J connectivity index is 1.92. The van der Waals surface area contributed by atoms with Gasteiger partial charge in [0.2, 0.25) is 0 Å². The number of epoxide rings is 1. The van der Waals surface area contributed by atoms with Crippen LogP contribution in [0.25, 0.3) is 0 Å². The maximum absolute atomic E-state index is 5.90. The first-order chi connectivity index (χ1) is 7.35. The van der Waals surface area contributed by atoms with Gasteiger partial charge in [0.1, 0.15) is 11.4 Å². The lowest BCUT2D eigenvalue weighted by atomic mass is 9.84. The summed E-state index contributed by atoms with van der Waals surface area (Å²) in [6.07, 6.45) is 5.46. The highest BCUT2D eigenvalue weighted by molar-refractivity contribution is 5.36. The fourth-order valence-corrected chi connectivity index (χ4v) is 2.73. The molecule has 2 atom stereocenters. The summed E-state index contributed by atoms with van der Waals surface area (Å²) in [4.78, 5) is 0. The van der Waals surface area contributed by atoms with Gasteiger partial charge >= 0.3 is 0 Å². The minimum absolute atomic E-state index is 0.0484. The second-order valence-electron chi connectivity index (χ2n) is 4.47. The normalized spacial score (nSPS) is 33.3. The van der Waals surface area contributed by atoms with E-state index < -0.39 is 0 Å². The highest BCUT2D eigenvalue weighted by Gasteiger charge is 2.58. The van der Waals surface area contributed by atoms with Gasteiger partial charge in [-0.05, 0) is 30.5 Å². The van der Waals surface area contributed by atoms with Crippen LogP contribution in [-0.4, -0.2) is 13.2 Å². The molecular formula is C13H16O2. The summed E-state index contributed by atoms with van der Waals surface area (Å²) >= 11 is 0. The van der Waals surface area contributed by atoms with Gasteiger partial charge in [0.05, 0.1) is 13.2 Å². The largest absolute Gasteiger partial charge is 0.497 e. The molecule has 1 aliphatic carbocycles. The molecule has 1 aromatic rings. The Bertz CT molecular complexity index is 375. The van der Waals surface area contributed by atoms with Crippen molar-refractivity contribution >= 4 is 0 Å². The first-order valence-corrected chi connectivity index (χ1v) is 5.67. The average Bonchev–Trinajstić information content (AvgIpc) is 3.05. The van der Waals surface area contributed by atoms with E-state index in [1.807, 2.05) is 6.07 Å². The van der Waals surface area contributed by atoms with Crippen LogP contribution >= 0.6 is 0 Å². The predicted octanol–water partition coefficient (Wildman–Crippen LogP) is 2.86. The molecule has 0 spiro atoms. The van der Waals surface area contributed by atoms with Crippen LogP contribution in [0.3, 0.4) is 0 Å². The smallest absolute Gasteiger partial charge is 0.120 e. The summed E-state index contributed by atoms with van der Waals surface area (Å²) in [7, 11) is 1.71. The van der Waals surface area contributed by atoms with Crippen molar-refractivity contribution in [2.75, 3.05) is 7.11 Å². The maximum Gasteiger partial charge on any atom is 0.120 e. The third kappa shape index (κ3) is 1.36. The van der Waals surface area contributed by atoms with Crippen LogP contribution in [0.4, 0.5) is 0 Å². The Kier molecular flexibility index (Phi) is 1.99. The van der Waals surface area contributed by atoms with Crippen LogP contribution in [-0.2, 0) is 10.3 Å². The summed E-state index contributed by atoms with van der Waals surface area (Å²) in [6.45, 7) is 0. The van der Waals surface area contributed by atoms with E-state index in [-0.39, 0.29) is 5.60 Å². The van der Waals surface area contributed by atoms with Crippen molar-refractivity contribution < 1.29 is 9.47 Å². The van der Waals surface area contributed by atoms with Crippen LogP contribution in [0.15, 0.2) is 24.3 Å². The van der Waals surface area contributed by atoms with Gasteiger partial charge in [-0.3, -0.25) is 0 Å². The second-order valence-corrected chi connectivity index (χ2v) is 4.47. The molecule has 0 radical (unpaired) electrons. The third-order valence-corrected chi connectivity index (χ3v) is 3.64. The van der Waals surface area contributed by atoms with Crippen LogP contribution in [0, 0.1) is 0 Å². The molecule has 2 aliphatic rings. The fourth-order valence-electron chi connectivity index (χ4n) is 2.73. The summed E-state index contributed by atoms with van der Waals surface area (Å²) in [5.41, 5.74) is 1.35. The van der Waals surface area contributed by atoms with E-state index in [1.165, 1.54) is 31.2 Å². The summed E-state index contributed by atoms with van der Waals surface area (Å²) in [6, 6.07) is 8.32. The summed E-state index contributed by atoms with van der Waals surface area (Å²) in [5.74, 6) is 0.932. The first kappa shape index (κ1) is 9.22. The Hall–Kier alpha value is -1.02. The van der Waals surface area contributed by atoms with Gasteiger partial charge in [-0.1, -0.05) is 25.0 Å². The van der Waals surface area contributed by atoms with Crippen molar-refractivity contribution in [1.29, 1.82) is 0 Å². The van der Waals surface area contributed by atoms with Gasteiger partial charge in [0.25, 0.3) is 0 Å². The molecule has 0 amide bonds. The van der Waals surface area contributed by atoms with Crippen molar-refractivity contribution in [2.24, 2.45) is 0 Å². The third-order valence-electron chi connectivity index (χ3n) is 3.64. The zero-order valence-electron chi connectivity index (χ0n) is 9.03. The topological polar surface area (TPSA) is 21.8 Å². The lowest BCUT2D eigenvalue weighted by Gasteiger charge is -2.17. The molecule has 0 unspecified atom stereocenters. The second kappa shape index (κ2) is 3.24. The first-order valence-electron chi connectivity index (χ1n) is 5.67. The van der Waals surface area contributed by atoms with E-state index in [4.69, 9.17) is 9.47 Å². The van der Waals surface area contributed by atoms with Crippen LogP contribution in [0.5, 0.6) is 5.75 Å².